The van der Waals surface area contributed by atoms with Gasteiger partial charge < -0.3 is 5.73 Å². The topological polar surface area (TPSA) is 26.0 Å². The quantitative estimate of drug-likeness (QED) is 0.838. The van der Waals surface area contributed by atoms with Crippen LogP contribution in [0.2, 0.25) is 5.02 Å². The lowest BCUT2D eigenvalue weighted by atomic mass is 10.2. The fourth-order valence-corrected chi connectivity index (χ4v) is 3.50. The van der Waals surface area contributed by atoms with Crippen LogP contribution in [0.15, 0.2) is 46.7 Å². The highest BCUT2D eigenvalue weighted by atomic mass is 35.5. The summed E-state index contributed by atoms with van der Waals surface area (Å²) in [6, 6.07) is 12.3. The molecule has 0 aliphatic carbocycles. The zero-order chi connectivity index (χ0) is 12.1. The van der Waals surface area contributed by atoms with Gasteiger partial charge in [-0.2, -0.15) is 0 Å². The van der Waals surface area contributed by atoms with E-state index in [9.17, 15) is 0 Å². The first-order chi connectivity index (χ1) is 8.25. The SMILES string of the molecule is NC(CSc1ccccc1Cl)Cc1cccs1. The van der Waals surface area contributed by atoms with Gasteiger partial charge in [-0.1, -0.05) is 29.8 Å². The molecule has 0 amide bonds. The molecule has 0 spiro atoms. The number of hydrogen-bond acceptors (Lipinski definition) is 3. The summed E-state index contributed by atoms with van der Waals surface area (Å²) in [6.07, 6.45) is 0.940. The highest BCUT2D eigenvalue weighted by Crippen LogP contribution is 2.27. The Kier molecular flexibility index (Phi) is 4.92. The second-order valence-electron chi connectivity index (χ2n) is 3.78. The molecule has 0 aliphatic rings. The van der Waals surface area contributed by atoms with Crippen molar-refractivity contribution in [3.05, 3.63) is 51.7 Å². The molecule has 1 heterocycles. The normalized spacial score (nSPS) is 12.6. The minimum absolute atomic E-state index is 0.176. The molecule has 0 fully saturated rings. The smallest absolute Gasteiger partial charge is 0.0541 e. The Morgan fingerprint density at radius 1 is 1.24 bits per heavy atom. The highest BCUT2D eigenvalue weighted by molar-refractivity contribution is 7.99. The van der Waals surface area contributed by atoms with Crippen molar-refractivity contribution in [3.8, 4) is 0 Å². The molecule has 0 radical (unpaired) electrons. The number of thioether (sulfide) groups is 1. The van der Waals surface area contributed by atoms with Gasteiger partial charge in [-0.05, 0) is 30.0 Å². The van der Waals surface area contributed by atoms with E-state index in [-0.39, 0.29) is 6.04 Å². The predicted molar refractivity (Wildman–Crippen MR) is 78.2 cm³/mol. The maximum absolute atomic E-state index is 6.11. The van der Waals surface area contributed by atoms with Gasteiger partial charge in [0, 0.05) is 21.6 Å². The second-order valence-corrected chi connectivity index (χ2v) is 6.29. The standard InChI is InChI=1S/C13H14ClNS2/c14-12-5-1-2-6-13(12)17-9-10(15)8-11-4-3-7-16-11/h1-7,10H,8-9,15H2. The molecular weight excluding hydrogens is 270 g/mol. The molecule has 1 atom stereocenters. The summed E-state index contributed by atoms with van der Waals surface area (Å²) >= 11 is 9.58. The van der Waals surface area contributed by atoms with Crippen molar-refractivity contribution in [1.29, 1.82) is 0 Å². The molecule has 1 aromatic heterocycles. The van der Waals surface area contributed by atoms with Crippen molar-refractivity contribution in [2.24, 2.45) is 5.73 Å². The maximum Gasteiger partial charge on any atom is 0.0541 e. The molecule has 17 heavy (non-hydrogen) atoms. The fraction of sp³-hybridized carbons (Fsp3) is 0.231. The van der Waals surface area contributed by atoms with Crippen LogP contribution in [0, 0.1) is 0 Å². The van der Waals surface area contributed by atoms with Gasteiger partial charge >= 0.3 is 0 Å². The fourth-order valence-electron chi connectivity index (χ4n) is 1.50. The molecule has 90 valence electrons. The number of thiophene rings is 1. The molecule has 0 bridgehead atoms. The first-order valence-electron chi connectivity index (χ1n) is 5.41. The third kappa shape index (κ3) is 4.03. The van der Waals surface area contributed by atoms with Crippen molar-refractivity contribution in [1.82, 2.24) is 0 Å². The monoisotopic (exact) mass is 283 g/mol. The van der Waals surface area contributed by atoms with Crippen molar-refractivity contribution in [2.45, 2.75) is 17.4 Å². The number of hydrogen-bond donors (Lipinski definition) is 1. The first kappa shape index (κ1) is 13.0. The van der Waals surface area contributed by atoms with Gasteiger partial charge in [0.1, 0.15) is 0 Å². The number of rotatable bonds is 5. The Morgan fingerprint density at radius 3 is 2.76 bits per heavy atom. The van der Waals surface area contributed by atoms with Gasteiger partial charge in [0.2, 0.25) is 0 Å². The van der Waals surface area contributed by atoms with E-state index < -0.39 is 0 Å². The average molecular weight is 284 g/mol. The van der Waals surface area contributed by atoms with Gasteiger partial charge in [0.25, 0.3) is 0 Å². The Balaban J connectivity index is 1.84. The largest absolute Gasteiger partial charge is 0.327 e. The first-order valence-corrected chi connectivity index (χ1v) is 7.65. The van der Waals surface area contributed by atoms with Crippen LogP contribution in [0.1, 0.15) is 4.88 Å². The van der Waals surface area contributed by atoms with Gasteiger partial charge in [-0.15, -0.1) is 23.1 Å². The summed E-state index contributed by atoms with van der Waals surface area (Å²) in [5.74, 6) is 0.891. The van der Waals surface area contributed by atoms with Crippen LogP contribution in [-0.4, -0.2) is 11.8 Å². The van der Waals surface area contributed by atoms with Crippen molar-refractivity contribution < 1.29 is 0 Å². The van der Waals surface area contributed by atoms with E-state index in [1.807, 2.05) is 24.3 Å². The number of benzene rings is 1. The third-order valence-corrected chi connectivity index (χ3v) is 4.94. The van der Waals surface area contributed by atoms with E-state index in [4.69, 9.17) is 17.3 Å². The Hall–Kier alpha value is -0.480. The van der Waals surface area contributed by atoms with E-state index in [0.29, 0.717) is 0 Å². The molecule has 0 saturated heterocycles. The van der Waals surface area contributed by atoms with Crippen LogP contribution < -0.4 is 5.73 Å². The van der Waals surface area contributed by atoms with E-state index in [1.54, 1.807) is 23.1 Å². The van der Waals surface area contributed by atoms with E-state index in [0.717, 1.165) is 22.1 Å². The minimum atomic E-state index is 0.176. The van der Waals surface area contributed by atoms with Crippen LogP contribution in [-0.2, 0) is 6.42 Å². The third-order valence-electron chi connectivity index (χ3n) is 2.33. The van der Waals surface area contributed by atoms with Gasteiger partial charge in [0.05, 0.1) is 5.02 Å². The van der Waals surface area contributed by atoms with Crippen molar-refractivity contribution >= 4 is 34.7 Å². The van der Waals surface area contributed by atoms with E-state index in [2.05, 4.69) is 17.5 Å². The Bertz CT molecular complexity index is 456. The molecule has 1 nitrogen and oxygen atoms in total. The van der Waals surface area contributed by atoms with Gasteiger partial charge in [0.15, 0.2) is 0 Å². The van der Waals surface area contributed by atoms with Gasteiger partial charge in [-0.25, -0.2) is 0 Å². The lowest BCUT2D eigenvalue weighted by molar-refractivity contribution is 0.757. The Morgan fingerprint density at radius 2 is 2.06 bits per heavy atom. The zero-order valence-electron chi connectivity index (χ0n) is 9.30. The molecule has 4 heteroatoms. The van der Waals surface area contributed by atoms with E-state index in [1.165, 1.54) is 4.88 Å². The van der Waals surface area contributed by atoms with Crippen LogP contribution in [0.25, 0.3) is 0 Å². The summed E-state index contributed by atoms with van der Waals surface area (Å²) in [5.41, 5.74) is 6.11. The second kappa shape index (κ2) is 6.45. The molecule has 2 rings (SSSR count). The van der Waals surface area contributed by atoms with Crippen molar-refractivity contribution in [3.63, 3.8) is 0 Å². The number of halogens is 1. The van der Waals surface area contributed by atoms with Crippen LogP contribution >= 0.6 is 34.7 Å². The lowest BCUT2D eigenvalue weighted by Crippen LogP contribution is -2.25. The summed E-state index contributed by atoms with van der Waals surface area (Å²) < 4.78 is 0. The van der Waals surface area contributed by atoms with Gasteiger partial charge in [-0.3, -0.25) is 0 Å². The molecule has 1 unspecified atom stereocenters. The summed E-state index contributed by atoms with van der Waals surface area (Å²) in [6.45, 7) is 0. The molecule has 1 aromatic carbocycles. The molecule has 2 aromatic rings. The summed E-state index contributed by atoms with van der Waals surface area (Å²) in [4.78, 5) is 2.45. The van der Waals surface area contributed by atoms with Crippen LogP contribution in [0.5, 0.6) is 0 Å². The Labute approximate surface area is 115 Å². The molecule has 0 saturated carbocycles. The van der Waals surface area contributed by atoms with Crippen LogP contribution in [0.4, 0.5) is 0 Å². The summed E-state index contributed by atoms with van der Waals surface area (Å²) in [5, 5.41) is 2.89. The highest BCUT2D eigenvalue weighted by Gasteiger charge is 2.07. The lowest BCUT2D eigenvalue weighted by Gasteiger charge is -2.10. The molecule has 0 aliphatic heterocycles. The van der Waals surface area contributed by atoms with Crippen molar-refractivity contribution in [2.75, 3.05) is 5.75 Å². The van der Waals surface area contributed by atoms with Crippen LogP contribution in [0.3, 0.4) is 0 Å². The molecule has 2 N–H and O–H groups in total. The zero-order valence-corrected chi connectivity index (χ0v) is 11.7. The van der Waals surface area contributed by atoms with E-state index >= 15 is 0 Å². The number of nitrogens with two attached hydrogens (primary N) is 1. The summed E-state index contributed by atoms with van der Waals surface area (Å²) in [7, 11) is 0. The average Bonchev–Trinajstić information content (AvgIpc) is 2.81. The minimum Gasteiger partial charge on any atom is -0.327 e. The molecular formula is C13H14ClNS2. The maximum atomic E-state index is 6.11. The predicted octanol–water partition coefficient (Wildman–Crippen LogP) is 4.06.